The first-order chi connectivity index (χ1) is 12.4. The molecule has 26 heavy (non-hydrogen) atoms. The molecule has 0 aliphatic carbocycles. The molecule has 0 heterocycles. The van der Waals surface area contributed by atoms with Crippen LogP contribution >= 0.6 is 0 Å². The van der Waals surface area contributed by atoms with Gasteiger partial charge in [0.05, 0.1) is 0 Å². The van der Waals surface area contributed by atoms with E-state index in [0.717, 1.165) is 0 Å². The van der Waals surface area contributed by atoms with Crippen LogP contribution in [0.3, 0.4) is 0 Å². The third-order valence-corrected chi connectivity index (χ3v) is 9.73. The van der Waals surface area contributed by atoms with E-state index in [0.29, 0.717) is 0 Å². The van der Waals surface area contributed by atoms with Gasteiger partial charge in [-0.15, -0.1) is 0 Å². The highest BCUT2D eigenvalue weighted by atomic mass is 28.3. The van der Waals surface area contributed by atoms with Crippen LogP contribution in [0.25, 0.3) is 0 Å². The maximum Gasteiger partial charge on any atom is 0.211 e. The number of amides is 1. The van der Waals surface area contributed by atoms with Crippen LogP contribution in [0.2, 0.25) is 19.1 Å². The Kier molecular flexibility index (Phi) is 16.6. The molecule has 3 heteroatoms. The Morgan fingerprint density at radius 2 is 0.962 bits per heavy atom. The summed E-state index contributed by atoms with van der Waals surface area (Å²) in [5.41, 5.74) is 0. The molecule has 0 atom stereocenters. The summed E-state index contributed by atoms with van der Waals surface area (Å²) in [6.45, 7) is 8.62. The van der Waals surface area contributed by atoms with Gasteiger partial charge in [-0.3, -0.25) is 4.79 Å². The quantitative estimate of drug-likeness (QED) is 0.174. The lowest BCUT2D eigenvalue weighted by Crippen LogP contribution is -2.48. The van der Waals surface area contributed by atoms with E-state index in [1.54, 1.807) is 6.92 Å². The number of carbonyl (C=O) groups is 1. The first kappa shape index (κ1) is 25.7. The third-order valence-electron chi connectivity index (χ3n) is 6.02. The summed E-state index contributed by atoms with van der Waals surface area (Å²) < 4.78 is 2.03. The summed E-state index contributed by atoms with van der Waals surface area (Å²) in [6.07, 6.45) is 22.7. The zero-order valence-electron chi connectivity index (χ0n) is 18.9. The Morgan fingerprint density at radius 1 is 0.654 bits per heavy atom. The minimum atomic E-state index is -1.49. The van der Waals surface area contributed by atoms with Gasteiger partial charge in [0.15, 0.2) is 8.24 Å². The molecule has 0 aliphatic rings. The van der Waals surface area contributed by atoms with Crippen molar-refractivity contribution in [3.63, 3.8) is 0 Å². The number of hydrogen-bond acceptors (Lipinski definition) is 1. The number of hydrogen-bond donors (Lipinski definition) is 0. The Bertz CT molecular complexity index is 330. The minimum Gasteiger partial charge on any atom is -0.373 e. The van der Waals surface area contributed by atoms with Crippen molar-refractivity contribution in [2.24, 2.45) is 0 Å². The molecule has 0 bridgehead atoms. The fraction of sp³-hybridized carbons (Fsp3) is 0.957. The van der Waals surface area contributed by atoms with Crippen LogP contribution < -0.4 is 0 Å². The summed E-state index contributed by atoms with van der Waals surface area (Å²) in [7, 11) is 0.494. The Labute approximate surface area is 166 Å². The molecule has 0 radical (unpaired) electrons. The van der Waals surface area contributed by atoms with Gasteiger partial charge in [-0.25, -0.2) is 0 Å². The topological polar surface area (TPSA) is 20.3 Å². The average Bonchev–Trinajstić information content (AvgIpc) is 2.60. The lowest BCUT2D eigenvalue weighted by atomic mass is 10.0. The standard InChI is InChI=1S/C23H49NOSi/c1-6-7-8-9-10-11-12-13-14-15-16-17-18-19-20-21-22-26(4,5)24(3)23(2)25/h6-22H2,1-5H3. The average molecular weight is 384 g/mol. The van der Waals surface area contributed by atoms with Crippen LogP contribution in [0.4, 0.5) is 0 Å². The Morgan fingerprint density at radius 3 is 1.27 bits per heavy atom. The van der Waals surface area contributed by atoms with Gasteiger partial charge in [0.2, 0.25) is 5.91 Å². The molecule has 0 fully saturated rings. The van der Waals surface area contributed by atoms with Crippen LogP contribution in [0, 0.1) is 0 Å². The summed E-state index contributed by atoms with van der Waals surface area (Å²) in [6, 6.07) is 1.25. The molecule has 0 rings (SSSR count). The van der Waals surface area contributed by atoms with E-state index in [1.807, 2.05) is 11.6 Å². The van der Waals surface area contributed by atoms with E-state index in [1.165, 1.54) is 109 Å². The summed E-state index contributed by atoms with van der Waals surface area (Å²) in [5.74, 6) is 0.234. The molecule has 156 valence electrons. The molecule has 0 aromatic heterocycles. The van der Waals surface area contributed by atoms with Crippen molar-refractivity contribution in [2.45, 2.75) is 136 Å². The zero-order valence-corrected chi connectivity index (χ0v) is 19.9. The van der Waals surface area contributed by atoms with Crippen LogP contribution in [0.15, 0.2) is 0 Å². The molecule has 0 aliphatic heterocycles. The highest BCUT2D eigenvalue weighted by Crippen LogP contribution is 2.19. The van der Waals surface area contributed by atoms with Crippen LogP contribution in [-0.4, -0.2) is 25.8 Å². The molecule has 1 amide bonds. The molecule has 0 aromatic rings. The third kappa shape index (κ3) is 14.8. The number of carbonyl (C=O) groups excluding carboxylic acids is 1. The van der Waals surface area contributed by atoms with Crippen molar-refractivity contribution in [2.75, 3.05) is 7.05 Å². The van der Waals surface area contributed by atoms with Crippen molar-refractivity contribution in [3.05, 3.63) is 0 Å². The van der Waals surface area contributed by atoms with E-state index < -0.39 is 8.24 Å². The predicted molar refractivity (Wildman–Crippen MR) is 120 cm³/mol. The molecule has 0 saturated heterocycles. The first-order valence-electron chi connectivity index (χ1n) is 11.7. The fourth-order valence-electron chi connectivity index (χ4n) is 3.70. The van der Waals surface area contributed by atoms with Crippen molar-refractivity contribution in [3.8, 4) is 0 Å². The van der Waals surface area contributed by atoms with Gasteiger partial charge in [0, 0.05) is 14.0 Å². The van der Waals surface area contributed by atoms with Crippen molar-refractivity contribution >= 4 is 14.1 Å². The van der Waals surface area contributed by atoms with E-state index >= 15 is 0 Å². The van der Waals surface area contributed by atoms with Crippen molar-refractivity contribution in [1.82, 2.24) is 4.57 Å². The van der Waals surface area contributed by atoms with Crippen molar-refractivity contribution in [1.29, 1.82) is 0 Å². The SMILES string of the molecule is CCCCCCCCCCCCCCCCCC[Si](C)(C)N(C)C(C)=O. The number of unbranched alkanes of at least 4 members (excludes halogenated alkanes) is 15. The van der Waals surface area contributed by atoms with Gasteiger partial charge in [0.25, 0.3) is 0 Å². The van der Waals surface area contributed by atoms with Crippen LogP contribution in [-0.2, 0) is 4.79 Å². The molecule has 0 unspecified atom stereocenters. The van der Waals surface area contributed by atoms with E-state index in [-0.39, 0.29) is 5.91 Å². The summed E-state index contributed by atoms with van der Waals surface area (Å²) in [5, 5.41) is 0. The van der Waals surface area contributed by atoms with Gasteiger partial charge in [-0.2, -0.15) is 0 Å². The number of rotatable bonds is 18. The molecule has 0 aromatic carbocycles. The highest BCUT2D eigenvalue weighted by Gasteiger charge is 2.27. The van der Waals surface area contributed by atoms with Gasteiger partial charge >= 0.3 is 0 Å². The first-order valence-corrected chi connectivity index (χ1v) is 14.8. The second kappa shape index (κ2) is 16.8. The molecule has 0 N–H and O–H groups in total. The molecule has 0 spiro atoms. The Balaban J connectivity index is 3.28. The monoisotopic (exact) mass is 383 g/mol. The zero-order chi connectivity index (χ0) is 19.7. The summed E-state index contributed by atoms with van der Waals surface area (Å²) >= 11 is 0. The van der Waals surface area contributed by atoms with E-state index in [4.69, 9.17) is 0 Å². The molecular formula is C23H49NOSi. The molecule has 0 saturated carbocycles. The highest BCUT2D eigenvalue weighted by molar-refractivity contribution is 6.76. The van der Waals surface area contributed by atoms with Gasteiger partial charge in [-0.05, 0) is 6.04 Å². The second-order valence-corrected chi connectivity index (χ2v) is 13.7. The lowest BCUT2D eigenvalue weighted by molar-refractivity contribution is -0.124. The lowest BCUT2D eigenvalue weighted by Gasteiger charge is -2.33. The molecular weight excluding hydrogens is 334 g/mol. The van der Waals surface area contributed by atoms with Gasteiger partial charge in [-0.1, -0.05) is 123 Å². The van der Waals surface area contributed by atoms with Gasteiger partial charge in [0.1, 0.15) is 0 Å². The maximum atomic E-state index is 11.5. The largest absolute Gasteiger partial charge is 0.373 e. The van der Waals surface area contributed by atoms with E-state index in [9.17, 15) is 4.79 Å². The van der Waals surface area contributed by atoms with Crippen LogP contribution in [0.5, 0.6) is 0 Å². The normalized spacial score (nSPS) is 11.7. The Hall–Kier alpha value is -0.313. The number of nitrogens with zero attached hydrogens (tertiary/aromatic N) is 1. The van der Waals surface area contributed by atoms with Crippen molar-refractivity contribution < 1.29 is 4.79 Å². The smallest absolute Gasteiger partial charge is 0.211 e. The second-order valence-electron chi connectivity index (χ2n) is 8.94. The predicted octanol–water partition coefficient (Wildman–Crippen LogP) is 7.93. The van der Waals surface area contributed by atoms with Gasteiger partial charge < -0.3 is 4.57 Å². The molecule has 2 nitrogen and oxygen atoms in total. The minimum absolute atomic E-state index is 0.234. The fourth-order valence-corrected chi connectivity index (χ4v) is 6.00. The van der Waals surface area contributed by atoms with Crippen LogP contribution in [0.1, 0.15) is 117 Å². The summed E-state index contributed by atoms with van der Waals surface area (Å²) in [4.78, 5) is 11.5. The van der Waals surface area contributed by atoms with E-state index in [2.05, 4.69) is 20.0 Å². The maximum absolute atomic E-state index is 11.5.